The van der Waals surface area contributed by atoms with Crippen LogP contribution in [0.2, 0.25) is 0 Å². The van der Waals surface area contributed by atoms with Gasteiger partial charge < -0.3 is 14.9 Å². The third kappa shape index (κ3) is 3.13. The standard InChI is InChI=1S/C21H20F2N4O/c1-11(2)20(27-10-24-18-8-15(22)16(23)9-19(18)27)21(28)26-14-4-5-17-13(7-14)6-12(3)25-17/h4-11,20,25H,1-3H3,(H,26,28). The average molecular weight is 382 g/mol. The SMILES string of the molecule is Cc1cc2cc(NC(=O)C(C(C)C)n3cnc4cc(F)c(F)cc43)ccc2[nH]1. The minimum absolute atomic E-state index is 0.0938. The molecule has 4 rings (SSSR count). The van der Waals surface area contributed by atoms with Crippen LogP contribution in [0, 0.1) is 24.5 Å². The summed E-state index contributed by atoms with van der Waals surface area (Å²) in [5, 5.41) is 3.94. The highest BCUT2D eigenvalue weighted by molar-refractivity contribution is 5.97. The van der Waals surface area contributed by atoms with Gasteiger partial charge >= 0.3 is 0 Å². The molecule has 2 N–H and O–H groups in total. The molecule has 28 heavy (non-hydrogen) atoms. The number of aromatic amines is 1. The molecule has 7 heteroatoms. The largest absolute Gasteiger partial charge is 0.359 e. The van der Waals surface area contributed by atoms with Crippen LogP contribution in [0.4, 0.5) is 14.5 Å². The molecule has 4 aromatic rings. The van der Waals surface area contributed by atoms with E-state index in [1.165, 1.54) is 6.33 Å². The molecular weight excluding hydrogens is 362 g/mol. The van der Waals surface area contributed by atoms with Gasteiger partial charge in [-0.25, -0.2) is 13.8 Å². The lowest BCUT2D eigenvalue weighted by atomic mass is 10.0. The molecule has 0 aliphatic carbocycles. The molecular formula is C21H20F2N4O. The number of amides is 1. The van der Waals surface area contributed by atoms with E-state index in [1.54, 1.807) is 4.57 Å². The van der Waals surface area contributed by atoms with E-state index in [4.69, 9.17) is 0 Å². The Bertz CT molecular complexity index is 1190. The number of rotatable bonds is 4. The van der Waals surface area contributed by atoms with Gasteiger partial charge in [-0.2, -0.15) is 0 Å². The predicted octanol–water partition coefficient (Wildman–Crippen LogP) is 4.94. The summed E-state index contributed by atoms with van der Waals surface area (Å²) in [6.07, 6.45) is 1.45. The maximum absolute atomic E-state index is 13.7. The van der Waals surface area contributed by atoms with E-state index in [9.17, 15) is 13.6 Å². The number of hydrogen-bond donors (Lipinski definition) is 2. The first-order chi connectivity index (χ1) is 13.3. The van der Waals surface area contributed by atoms with E-state index in [-0.39, 0.29) is 11.8 Å². The Morgan fingerprint density at radius 2 is 1.89 bits per heavy atom. The number of carbonyl (C=O) groups excluding carboxylic acids is 1. The zero-order valence-corrected chi connectivity index (χ0v) is 15.8. The summed E-state index contributed by atoms with van der Waals surface area (Å²) in [6.45, 7) is 5.77. The van der Waals surface area contributed by atoms with E-state index in [0.29, 0.717) is 16.7 Å². The quantitative estimate of drug-likeness (QED) is 0.525. The predicted molar refractivity (Wildman–Crippen MR) is 105 cm³/mol. The summed E-state index contributed by atoms with van der Waals surface area (Å²) in [6, 6.07) is 9.13. The number of anilines is 1. The van der Waals surface area contributed by atoms with Crippen LogP contribution in [0.25, 0.3) is 21.9 Å². The van der Waals surface area contributed by atoms with Gasteiger partial charge in [-0.15, -0.1) is 0 Å². The van der Waals surface area contributed by atoms with Gasteiger partial charge in [-0.05, 0) is 37.1 Å². The second-order valence-electron chi connectivity index (χ2n) is 7.34. The summed E-state index contributed by atoms with van der Waals surface area (Å²) < 4.78 is 28.8. The fraction of sp³-hybridized carbons (Fsp3) is 0.238. The van der Waals surface area contributed by atoms with Gasteiger partial charge in [0.25, 0.3) is 0 Å². The molecule has 0 spiro atoms. The molecule has 1 atom stereocenters. The number of nitrogens with one attached hydrogen (secondary N) is 2. The number of hydrogen-bond acceptors (Lipinski definition) is 2. The van der Waals surface area contributed by atoms with Crippen molar-refractivity contribution in [2.24, 2.45) is 5.92 Å². The van der Waals surface area contributed by atoms with Gasteiger partial charge in [0.2, 0.25) is 5.91 Å². The molecule has 2 aromatic carbocycles. The van der Waals surface area contributed by atoms with Crippen molar-refractivity contribution in [2.45, 2.75) is 26.8 Å². The number of fused-ring (bicyclic) bond motifs is 2. The Labute approximate surface area is 160 Å². The van der Waals surface area contributed by atoms with Crippen molar-refractivity contribution in [2.75, 3.05) is 5.32 Å². The summed E-state index contributed by atoms with van der Waals surface area (Å²) in [7, 11) is 0. The lowest BCUT2D eigenvalue weighted by Crippen LogP contribution is -2.29. The number of aryl methyl sites for hydroxylation is 1. The number of benzene rings is 2. The number of aromatic nitrogens is 3. The molecule has 1 amide bonds. The van der Waals surface area contributed by atoms with Crippen molar-refractivity contribution in [3.63, 3.8) is 0 Å². The number of carbonyl (C=O) groups is 1. The van der Waals surface area contributed by atoms with Gasteiger partial charge in [0.1, 0.15) is 6.04 Å². The second kappa shape index (κ2) is 6.74. The molecule has 2 aromatic heterocycles. The zero-order chi connectivity index (χ0) is 20.0. The van der Waals surface area contributed by atoms with Crippen LogP contribution in [-0.2, 0) is 4.79 Å². The Hall–Kier alpha value is -3.22. The summed E-state index contributed by atoms with van der Waals surface area (Å²) >= 11 is 0. The number of H-pyrrole nitrogens is 1. The summed E-state index contributed by atoms with van der Waals surface area (Å²) in [5.41, 5.74) is 3.39. The molecule has 0 aliphatic rings. The van der Waals surface area contributed by atoms with Crippen molar-refractivity contribution >= 4 is 33.5 Å². The Balaban J connectivity index is 1.69. The van der Waals surface area contributed by atoms with Gasteiger partial charge in [0.05, 0.1) is 17.4 Å². The monoisotopic (exact) mass is 382 g/mol. The third-order valence-electron chi connectivity index (χ3n) is 4.84. The average Bonchev–Trinajstić information content (AvgIpc) is 3.18. The Morgan fingerprint density at radius 3 is 2.64 bits per heavy atom. The number of nitrogens with zero attached hydrogens (tertiary/aromatic N) is 2. The smallest absolute Gasteiger partial charge is 0.247 e. The normalized spacial score (nSPS) is 12.8. The minimum Gasteiger partial charge on any atom is -0.359 e. The van der Waals surface area contributed by atoms with Gasteiger partial charge in [0, 0.05) is 34.4 Å². The van der Waals surface area contributed by atoms with Crippen molar-refractivity contribution in [3.8, 4) is 0 Å². The lowest BCUT2D eigenvalue weighted by molar-refractivity contribution is -0.120. The maximum atomic E-state index is 13.7. The molecule has 0 radical (unpaired) electrons. The van der Waals surface area contributed by atoms with Crippen LogP contribution >= 0.6 is 0 Å². The molecule has 0 bridgehead atoms. The first kappa shape index (κ1) is 18.2. The van der Waals surface area contributed by atoms with Crippen molar-refractivity contribution < 1.29 is 13.6 Å². The molecule has 2 heterocycles. The van der Waals surface area contributed by atoms with E-state index in [2.05, 4.69) is 15.3 Å². The molecule has 0 saturated carbocycles. The lowest BCUT2D eigenvalue weighted by Gasteiger charge is -2.22. The van der Waals surface area contributed by atoms with E-state index in [1.807, 2.05) is 45.0 Å². The molecule has 0 saturated heterocycles. The zero-order valence-electron chi connectivity index (χ0n) is 15.8. The third-order valence-corrected chi connectivity index (χ3v) is 4.84. The molecule has 5 nitrogen and oxygen atoms in total. The highest BCUT2D eigenvalue weighted by Crippen LogP contribution is 2.27. The van der Waals surface area contributed by atoms with Crippen molar-refractivity contribution in [1.82, 2.24) is 14.5 Å². The van der Waals surface area contributed by atoms with Crippen molar-refractivity contribution in [3.05, 3.63) is 60.1 Å². The van der Waals surface area contributed by atoms with Crippen LogP contribution in [-0.4, -0.2) is 20.4 Å². The minimum atomic E-state index is -0.967. The topological polar surface area (TPSA) is 62.7 Å². The van der Waals surface area contributed by atoms with Gasteiger partial charge in [-0.1, -0.05) is 13.8 Å². The fourth-order valence-corrected chi connectivity index (χ4v) is 3.57. The maximum Gasteiger partial charge on any atom is 0.247 e. The van der Waals surface area contributed by atoms with E-state index < -0.39 is 17.7 Å². The first-order valence-electron chi connectivity index (χ1n) is 9.05. The first-order valence-corrected chi connectivity index (χ1v) is 9.05. The Kier molecular flexibility index (Phi) is 4.37. The van der Waals surface area contributed by atoms with Crippen LogP contribution in [0.15, 0.2) is 42.7 Å². The van der Waals surface area contributed by atoms with Crippen LogP contribution in [0.1, 0.15) is 25.6 Å². The van der Waals surface area contributed by atoms with Crippen molar-refractivity contribution in [1.29, 1.82) is 0 Å². The van der Waals surface area contributed by atoms with Crippen LogP contribution < -0.4 is 5.32 Å². The number of imidazole rings is 1. The molecule has 0 fully saturated rings. The number of halogens is 2. The summed E-state index contributed by atoms with van der Waals surface area (Å²) in [4.78, 5) is 20.4. The molecule has 1 unspecified atom stereocenters. The van der Waals surface area contributed by atoms with E-state index in [0.717, 1.165) is 28.7 Å². The second-order valence-corrected chi connectivity index (χ2v) is 7.34. The van der Waals surface area contributed by atoms with Crippen LogP contribution in [0.3, 0.4) is 0 Å². The van der Waals surface area contributed by atoms with Gasteiger partial charge in [0.15, 0.2) is 11.6 Å². The highest BCUT2D eigenvalue weighted by Gasteiger charge is 2.26. The van der Waals surface area contributed by atoms with E-state index >= 15 is 0 Å². The summed E-state index contributed by atoms with van der Waals surface area (Å²) in [5.74, 6) is -2.27. The Morgan fingerprint density at radius 1 is 1.14 bits per heavy atom. The van der Waals surface area contributed by atoms with Crippen LogP contribution in [0.5, 0.6) is 0 Å². The highest BCUT2D eigenvalue weighted by atomic mass is 19.2. The van der Waals surface area contributed by atoms with Gasteiger partial charge in [-0.3, -0.25) is 4.79 Å². The molecule has 0 aliphatic heterocycles. The molecule has 144 valence electrons. The fourth-order valence-electron chi connectivity index (χ4n) is 3.57.